The third-order valence-electron chi connectivity index (χ3n) is 2.10. The molecule has 0 atom stereocenters. The van der Waals surface area contributed by atoms with E-state index in [4.69, 9.17) is 4.74 Å². The molecule has 2 nitrogen and oxygen atoms in total. The molecule has 1 aromatic rings. The highest BCUT2D eigenvalue weighted by Crippen LogP contribution is 2.28. The lowest BCUT2D eigenvalue weighted by Crippen LogP contribution is -1.93. The van der Waals surface area contributed by atoms with Gasteiger partial charge >= 0.3 is 0 Å². The number of hydrogen-bond donors (Lipinski definition) is 1. The molecular formula is C10H14O2. The minimum Gasteiger partial charge on any atom is -0.508 e. The standard InChI is InChI=1S/C10H14O2/c1-4-8-7(2)9(11)5-6-10(8)12-3/h5-6,11H,4H2,1-3H3. The van der Waals surface area contributed by atoms with E-state index in [0.717, 1.165) is 23.3 Å². The number of rotatable bonds is 2. The molecule has 0 heterocycles. The lowest BCUT2D eigenvalue weighted by atomic mass is 10.0. The first-order valence-corrected chi connectivity index (χ1v) is 4.06. The first kappa shape index (κ1) is 8.91. The first-order valence-electron chi connectivity index (χ1n) is 4.06. The van der Waals surface area contributed by atoms with Gasteiger partial charge in [-0.15, -0.1) is 0 Å². The van der Waals surface area contributed by atoms with Gasteiger partial charge in [0.1, 0.15) is 11.5 Å². The van der Waals surface area contributed by atoms with Gasteiger partial charge in [-0.3, -0.25) is 0 Å². The van der Waals surface area contributed by atoms with E-state index < -0.39 is 0 Å². The summed E-state index contributed by atoms with van der Waals surface area (Å²) in [5, 5.41) is 9.40. The minimum atomic E-state index is 0.340. The Morgan fingerprint density at radius 2 is 2.08 bits per heavy atom. The lowest BCUT2D eigenvalue weighted by molar-refractivity contribution is 0.406. The van der Waals surface area contributed by atoms with Crippen molar-refractivity contribution >= 4 is 0 Å². The fraction of sp³-hybridized carbons (Fsp3) is 0.400. The van der Waals surface area contributed by atoms with Gasteiger partial charge < -0.3 is 9.84 Å². The molecule has 0 fully saturated rings. The fourth-order valence-electron chi connectivity index (χ4n) is 1.35. The molecule has 0 aliphatic rings. The predicted molar refractivity (Wildman–Crippen MR) is 48.8 cm³/mol. The molecule has 0 radical (unpaired) electrons. The molecule has 2 heteroatoms. The van der Waals surface area contributed by atoms with Crippen molar-refractivity contribution in [1.29, 1.82) is 0 Å². The van der Waals surface area contributed by atoms with Gasteiger partial charge in [-0.2, -0.15) is 0 Å². The summed E-state index contributed by atoms with van der Waals surface area (Å²) in [6.45, 7) is 3.95. The van der Waals surface area contributed by atoms with E-state index >= 15 is 0 Å². The Bertz CT molecular complexity index is 279. The van der Waals surface area contributed by atoms with Gasteiger partial charge in [0.25, 0.3) is 0 Å². The quantitative estimate of drug-likeness (QED) is 0.730. The van der Waals surface area contributed by atoms with Crippen molar-refractivity contribution in [2.45, 2.75) is 20.3 Å². The van der Waals surface area contributed by atoms with Crippen LogP contribution in [0, 0.1) is 6.92 Å². The Labute approximate surface area is 72.8 Å². The number of aromatic hydroxyl groups is 1. The van der Waals surface area contributed by atoms with E-state index in [1.807, 2.05) is 13.8 Å². The molecule has 0 aromatic heterocycles. The van der Waals surface area contributed by atoms with Gasteiger partial charge in [0.15, 0.2) is 0 Å². The number of phenols is 1. The summed E-state index contributed by atoms with van der Waals surface area (Å²) in [4.78, 5) is 0. The van der Waals surface area contributed by atoms with Crippen LogP contribution in [0.5, 0.6) is 11.5 Å². The number of ether oxygens (including phenoxy) is 1. The van der Waals surface area contributed by atoms with Gasteiger partial charge in [0.2, 0.25) is 0 Å². The van der Waals surface area contributed by atoms with E-state index in [0.29, 0.717) is 5.75 Å². The van der Waals surface area contributed by atoms with Crippen LogP contribution in [-0.4, -0.2) is 12.2 Å². The van der Waals surface area contributed by atoms with Crippen LogP contribution in [0.15, 0.2) is 12.1 Å². The summed E-state index contributed by atoms with van der Waals surface area (Å²) in [6.07, 6.45) is 0.878. The molecule has 0 amide bonds. The van der Waals surface area contributed by atoms with Gasteiger partial charge in [0, 0.05) is 5.56 Å². The molecule has 0 saturated carbocycles. The van der Waals surface area contributed by atoms with Gasteiger partial charge in [-0.05, 0) is 31.0 Å². The van der Waals surface area contributed by atoms with Crippen molar-refractivity contribution in [2.75, 3.05) is 7.11 Å². The second-order valence-corrected chi connectivity index (χ2v) is 2.74. The van der Waals surface area contributed by atoms with Crippen molar-refractivity contribution in [2.24, 2.45) is 0 Å². The summed E-state index contributed by atoms with van der Waals surface area (Å²) in [5.41, 5.74) is 1.99. The van der Waals surface area contributed by atoms with Gasteiger partial charge in [0.05, 0.1) is 7.11 Å². The maximum atomic E-state index is 9.40. The number of benzene rings is 1. The molecule has 12 heavy (non-hydrogen) atoms. The van der Waals surface area contributed by atoms with Crippen molar-refractivity contribution in [3.05, 3.63) is 23.3 Å². The third-order valence-corrected chi connectivity index (χ3v) is 2.10. The van der Waals surface area contributed by atoms with Gasteiger partial charge in [-0.25, -0.2) is 0 Å². The van der Waals surface area contributed by atoms with Crippen LogP contribution < -0.4 is 4.74 Å². The number of methoxy groups -OCH3 is 1. The Morgan fingerprint density at radius 3 is 2.58 bits per heavy atom. The largest absolute Gasteiger partial charge is 0.508 e. The van der Waals surface area contributed by atoms with Crippen LogP contribution in [0.1, 0.15) is 18.1 Å². The summed E-state index contributed by atoms with van der Waals surface area (Å²) < 4.78 is 5.16. The smallest absolute Gasteiger partial charge is 0.122 e. The molecule has 1 N–H and O–H groups in total. The molecule has 0 unspecified atom stereocenters. The van der Waals surface area contributed by atoms with Crippen molar-refractivity contribution < 1.29 is 9.84 Å². The Balaban J connectivity index is 3.25. The van der Waals surface area contributed by atoms with Crippen LogP contribution in [0.4, 0.5) is 0 Å². The molecule has 66 valence electrons. The van der Waals surface area contributed by atoms with Crippen LogP contribution in [0.2, 0.25) is 0 Å². The summed E-state index contributed by atoms with van der Waals surface area (Å²) in [6, 6.07) is 3.45. The minimum absolute atomic E-state index is 0.340. The van der Waals surface area contributed by atoms with Crippen LogP contribution in [-0.2, 0) is 6.42 Å². The van der Waals surface area contributed by atoms with Crippen molar-refractivity contribution in [3.63, 3.8) is 0 Å². The zero-order chi connectivity index (χ0) is 9.14. The fourth-order valence-corrected chi connectivity index (χ4v) is 1.35. The number of hydrogen-bond acceptors (Lipinski definition) is 2. The second kappa shape index (κ2) is 3.48. The summed E-state index contributed by atoms with van der Waals surface area (Å²) in [7, 11) is 1.64. The maximum Gasteiger partial charge on any atom is 0.122 e. The Kier molecular flexibility index (Phi) is 2.58. The Hall–Kier alpha value is -1.18. The van der Waals surface area contributed by atoms with Crippen molar-refractivity contribution in [1.82, 2.24) is 0 Å². The van der Waals surface area contributed by atoms with Crippen LogP contribution in [0.3, 0.4) is 0 Å². The lowest BCUT2D eigenvalue weighted by Gasteiger charge is -2.10. The van der Waals surface area contributed by atoms with E-state index in [9.17, 15) is 5.11 Å². The second-order valence-electron chi connectivity index (χ2n) is 2.74. The number of phenolic OH excluding ortho intramolecular Hbond substituents is 1. The molecule has 0 bridgehead atoms. The van der Waals surface area contributed by atoms with E-state index in [1.54, 1.807) is 19.2 Å². The average Bonchev–Trinajstić information content (AvgIpc) is 2.09. The predicted octanol–water partition coefficient (Wildman–Crippen LogP) is 2.27. The van der Waals surface area contributed by atoms with E-state index in [1.165, 1.54) is 0 Å². The normalized spacial score (nSPS) is 9.92. The zero-order valence-corrected chi connectivity index (χ0v) is 7.72. The molecule has 1 aromatic carbocycles. The zero-order valence-electron chi connectivity index (χ0n) is 7.72. The van der Waals surface area contributed by atoms with Crippen LogP contribution >= 0.6 is 0 Å². The SMILES string of the molecule is CCc1c(OC)ccc(O)c1C. The monoisotopic (exact) mass is 166 g/mol. The highest BCUT2D eigenvalue weighted by molar-refractivity contribution is 5.47. The van der Waals surface area contributed by atoms with E-state index in [2.05, 4.69) is 0 Å². The van der Waals surface area contributed by atoms with Crippen molar-refractivity contribution in [3.8, 4) is 11.5 Å². The first-order chi connectivity index (χ1) is 5.70. The third kappa shape index (κ3) is 1.37. The topological polar surface area (TPSA) is 29.5 Å². The molecule has 0 aliphatic carbocycles. The summed E-state index contributed by atoms with van der Waals surface area (Å²) in [5.74, 6) is 1.19. The Morgan fingerprint density at radius 1 is 1.42 bits per heavy atom. The van der Waals surface area contributed by atoms with Crippen LogP contribution in [0.25, 0.3) is 0 Å². The highest BCUT2D eigenvalue weighted by Gasteiger charge is 2.07. The summed E-state index contributed by atoms with van der Waals surface area (Å²) >= 11 is 0. The maximum absolute atomic E-state index is 9.40. The van der Waals surface area contributed by atoms with Gasteiger partial charge in [-0.1, -0.05) is 6.92 Å². The molecule has 1 rings (SSSR count). The highest BCUT2D eigenvalue weighted by atomic mass is 16.5. The molecular weight excluding hydrogens is 152 g/mol. The van der Waals surface area contributed by atoms with E-state index in [-0.39, 0.29) is 0 Å². The average molecular weight is 166 g/mol. The molecule has 0 aliphatic heterocycles. The molecule has 0 saturated heterocycles. The molecule has 0 spiro atoms.